The first-order valence-electron chi connectivity index (χ1n) is 6.41. The maximum atomic E-state index is 12.1. The Kier molecular flexibility index (Phi) is 4.04. The number of carboxylic acid groups (broad SMARTS) is 1. The molecule has 1 aliphatic heterocycles. The Morgan fingerprint density at radius 2 is 2.21 bits per heavy atom. The highest BCUT2D eigenvalue weighted by Crippen LogP contribution is 2.18. The van der Waals surface area contributed by atoms with Gasteiger partial charge in [-0.1, -0.05) is 12.1 Å². The number of hydrogen-bond acceptors (Lipinski definition) is 3. The molecular formula is C14H18N2O3. The van der Waals surface area contributed by atoms with Crippen molar-refractivity contribution in [2.24, 2.45) is 5.92 Å². The summed E-state index contributed by atoms with van der Waals surface area (Å²) in [6.45, 7) is 0.960. The van der Waals surface area contributed by atoms with Gasteiger partial charge in [-0.3, -0.25) is 9.59 Å². The minimum Gasteiger partial charge on any atom is -0.481 e. The molecule has 0 aromatic heterocycles. The Labute approximate surface area is 112 Å². The second-order valence-electron chi connectivity index (χ2n) is 4.94. The molecule has 1 heterocycles. The lowest BCUT2D eigenvalue weighted by Gasteiger charge is -2.30. The van der Waals surface area contributed by atoms with Gasteiger partial charge in [0.2, 0.25) is 5.91 Å². The van der Waals surface area contributed by atoms with Crippen molar-refractivity contribution in [3.05, 3.63) is 29.8 Å². The molecule has 0 bridgehead atoms. The van der Waals surface area contributed by atoms with E-state index in [1.165, 1.54) is 0 Å². The molecule has 1 aromatic carbocycles. The van der Waals surface area contributed by atoms with Crippen LogP contribution < -0.4 is 5.73 Å². The molecule has 1 saturated heterocycles. The summed E-state index contributed by atoms with van der Waals surface area (Å²) in [5, 5.41) is 9.01. The number of likely N-dealkylation sites (tertiary alicyclic amines) is 1. The van der Waals surface area contributed by atoms with E-state index in [9.17, 15) is 9.59 Å². The Bertz CT molecular complexity index is 487. The van der Waals surface area contributed by atoms with E-state index < -0.39 is 11.9 Å². The summed E-state index contributed by atoms with van der Waals surface area (Å²) in [5.74, 6) is -1.28. The number of nitrogens with zero attached hydrogens (tertiary/aromatic N) is 1. The summed E-state index contributed by atoms with van der Waals surface area (Å²) in [7, 11) is 0. The number of anilines is 1. The number of carbonyl (C=O) groups excluding carboxylic acids is 1. The summed E-state index contributed by atoms with van der Waals surface area (Å²) in [6.07, 6.45) is 1.68. The molecule has 3 N–H and O–H groups in total. The number of rotatable bonds is 3. The number of benzene rings is 1. The summed E-state index contributed by atoms with van der Waals surface area (Å²) in [5.41, 5.74) is 7.17. The lowest BCUT2D eigenvalue weighted by molar-refractivity contribution is -0.145. The van der Waals surface area contributed by atoms with Gasteiger partial charge in [0.15, 0.2) is 0 Å². The number of nitrogens with two attached hydrogens (primary N) is 1. The fourth-order valence-electron chi connectivity index (χ4n) is 2.39. The molecule has 0 spiro atoms. The third kappa shape index (κ3) is 3.47. The van der Waals surface area contributed by atoms with Crippen LogP contribution >= 0.6 is 0 Å². The lowest BCUT2D eigenvalue weighted by atomic mass is 9.97. The van der Waals surface area contributed by atoms with E-state index in [0.29, 0.717) is 25.2 Å². The molecular weight excluding hydrogens is 244 g/mol. The van der Waals surface area contributed by atoms with E-state index >= 15 is 0 Å². The van der Waals surface area contributed by atoms with Crippen LogP contribution in [0.1, 0.15) is 18.4 Å². The second kappa shape index (κ2) is 5.73. The van der Waals surface area contributed by atoms with Crippen molar-refractivity contribution < 1.29 is 14.7 Å². The molecule has 1 aliphatic rings. The van der Waals surface area contributed by atoms with Gasteiger partial charge in [-0.15, -0.1) is 0 Å². The minimum atomic E-state index is -0.818. The van der Waals surface area contributed by atoms with E-state index in [4.69, 9.17) is 10.8 Å². The van der Waals surface area contributed by atoms with Crippen LogP contribution in [0.4, 0.5) is 5.69 Å². The van der Waals surface area contributed by atoms with Crippen molar-refractivity contribution in [3.63, 3.8) is 0 Å². The predicted molar refractivity (Wildman–Crippen MR) is 71.5 cm³/mol. The van der Waals surface area contributed by atoms with Gasteiger partial charge < -0.3 is 15.7 Å². The predicted octanol–water partition coefficient (Wildman–Crippen LogP) is 1.13. The summed E-state index contributed by atoms with van der Waals surface area (Å²) in [4.78, 5) is 24.8. The molecule has 5 nitrogen and oxygen atoms in total. The first-order valence-corrected chi connectivity index (χ1v) is 6.41. The molecule has 102 valence electrons. The molecule has 1 amide bonds. The topological polar surface area (TPSA) is 83.6 Å². The zero-order valence-electron chi connectivity index (χ0n) is 10.7. The Hall–Kier alpha value is -2.04. The zero-order chi connectivity index (χ0) is 13.8. The van der Waals surface area contributed by atoms with Gasteiger partial charge in [-0.2, -0.15) is 0 Å². The Morgan fingerprint density at radius 1 is 1.42 bits per heavy atom. The molecule has 0 saturated carbocycles. The van der Waals surface area contributed by atoms with Crippen molar-refractivity contribution in [1.82, 2.24) is 4.90 Å². The minimum absolute atomic E-state index is 0.0310. The second-order valence-corrected chi connectivity index (χ2v) is 4.94. The highest BCUT2D eigenvalue weighted by atomic mass is 16.4. The van der Waals surface area contributed by atoms with Crippen LogP contribution in [0.5, 0.6) is 0 Å². The number of amides is 1. The van der Waals surface area contributed by atoms with Crippen LogP contribution in [-0.2, 0) is 16.0 Å². The van der Waals surface area contributed by atoms with Gasteiger partial charge in [0.1, 0.15) is 0 Å². The average Bonchev–Trinajstić information content (AvgIpc) is 2.39. The summed E-state index contributed by atoms with van der Waals surface area (Å²) < 4.78 is 0. The molecule has 0 radical (unpaired) electrons. The Balaban J connectivity index is 1.98. The van der Waals surface area contributed by atoms with Crippen molar-refractivity contribution in [2.45, 2.75) is 19.3 Å². The van der Waals surface area contributed by atoms with Crippen LogP contribution in [-0.4, -0.2) is 35.0 Å². The van der Waals surface area contributed by atoms with Crippen molar-refractivity contribution in [1.29, 1.82) is 0 Å². The fourth-order valence-corrected chi connectivity index (χ4v) is 2.39. The molecule has 0 unspecified atom stereocenters. The van der Waals surface area contributed by atoms with Gasteiger partial charge in [0.05, 0.1) is 12.3 Å². The van der Waals surface area contributed by atoms with E-state index in [0.717, 1.165) is 12.0 Å². The van der Waals surface area contributed by atoms with E-state index in [2.05, 4.69) is 0 Å². The summed E-state index contributed by atoms with van der Waals surface area (Å²) >= 11 is 0. The monoisotopic (exact) mass is 262 g/mol. The van der Waals surface area contributed by atoms with E-state index in [1.807, 2.05) is 12.1 Å². The zero-order valence-corrected chi connectivity index (χ0v) is 10.7. The van der Waals surface area contributed by atoms with Crippen molar-refractivity contribution in [3.8, 4) is 0 Å². The largest absolute Gasteiger partial charge is 0.481 e. The average molecular weight is 262 g/mol. The molecule has 19 heavy (non-hydrogen) atoms. The highest BCUT2D eigenvalue weighted by molar-refractivity contribution is 5.80. The third-order valence-electron chi connectivity index (χ3n) is 3.43. The van der Waals surface area contributed by atoms with Crippen molar-refractivity contribution >= 4 is 17.6 Å². The van der Waals surface area contributed by atoms with Gasteiger partial charge in [-0.25, -0.2) is 0 Å². The lowest BCUT2D eigenvalue weighted by Crippen LogP contribution is -2.42. The molecule has 1 fully saturated rings. The quantitative estimate of drug-likeness (QED) is 0.800. The molecule has 2 rings (SSSR count). The summed E-state index contributed by atoms with van der Waals surface area (Å²) in [6, 6.07) is 7.22. The maximum absolute atomic E-state index is 12.1. The number of nitrogen functional groups attached to an aromatic ring is 1. The van der Waals surface area contributed by atoms with E-state index in [1.54, 1.807) is 17.0 Å². The fraction of sp³-hybridized carbons (Fsp3) is 0.429. The molecule has 5 heteroatoms. The number of piperidine rings is 1. The first-order chi connectivity index (χ1) is 9.06. The highest BCUT2D eigenvalue weighted by Gasteiger charge is 2.27. The number of hydrogen-bond donors (Lipinski definition) is 2. The van der Waals surface area contributed by atoms with Gasteiger partial charge in [0.25, 0.3) is 0 Å². The van der Waals surface area contributed by atoms with Crippen LogP contribution in [0.2, 0.25) is 0 Å². The van der Waals surface area contributed by atoms with Crippen LogP contribution in [0.15, 0.2) is 24.3 Å². The molecule has 1 aromatic rings. The van der Waals surface area contributed by atoms with Gasteiger partial charge >= 0.3 is 5.97 Å². The number of carboxylic acids is 1. The van der Waals surface area contributed by atoms with Gasteiger partial charge in [0, 0.05) is 18.8 Å². The number of aliphatic carboxylic acids is 1. The SMILES string of the molecule is Nc1cccc(CC(=O)N2CCC[C@H](C(=O)O)C2)c1. The smallest absolute Gasteiger partial charge is 0.308 e. The van der Waals surface area contributed by atoms with E-state index in [-0.39, 0.29) is 12.3 Å². The van der Waals surface area contributed by atoms with Crippen LogP contribution in [0.25, 0.3) is 0 Å². The molecule has 0 aliphatic carbocycles. The van der Waals surface area contributed by atoms with Crippen molar-refractivity contribution in [2.75, 3.05) is 18.8 Å². The normalized spacial score (nSPS) is 19.2. The number of carbonyl (C=O) groups is 2. The van der Waals surface area contributed by atoms with Crippen LogP contribution in [0.3, 0.4) is 0 Å². The first kappa shape index (κ1) is 13.4. The van der Waals surface area contributed by atoms with Crippen LogP contribution in [0, 0.1) is 5.92 Å². The molecule has 1 atom stereocenters. The van der Waals surface area contributed by atoms with Gasteiger partial charge in [-0.05, 0) is 30.5 Å². The standard InChI is InChI=1S/C14H18N2O3/c15-12-5-1-3-10(7-12)8-13(17)16-6-2-4-11(9-16)14(18)19/h1,3,5,7,11H,2,4,6,8-9,15H2,(H,18,19)/t11-/m0/s1. The third-order valence-corrected chi connectivity index (χ3v) is 3.43. The Morgan fingerprint density at radius 3 is 2.89 bits per heavy atom. The maximum Gasteiger partial charge on any atom is 0.308 e.